The zero-order valence-electron chi connectivity index (χ0n) is 6.79. The summed E-state index contributed by atoms with van der Waals surface area (Å²) in [5, 5.41) is 0. The number of carbonyl (C=O) groups is 1. The van der Waals surface area contributed by atoms with E-state index in [1.165, 1.54) is 5.57 Å². The first-order valence-corrected chi connectivity index (χ1v) is 4.11. The number of ketones is 1. The van der Waals surface area contributed by atoms with Crippen molar-refractivity contribution >= 4 is 11.4 Å². The van der Waals surface area contributed by atoms with E-state index in [2.05, 4.69) is 6.08 Å². The van der Waals surface area contributed by atoms with Gasteiger partial charge in [-0.25, -0.2) is 0 Å². The van der Waals surface area contributed by atoms with Crippen molar-refractivity contribution in [2.75, 3.05) is 0 Å². The van der Waals surface area contributed by atoms with E-state index in [9.17, 15) is 4.79 Å². The molecule has 0 aliphatic heterocycles. The normalized spacial score (nSPS) is 29.4. The molecular formula is C11H8O. The first kappa shape index (κ1) is 6.18. The molecule has 1 aromatic carbocycles. The van der Waals surface area contributed by atoms with Gasteiger partial charge in [0.05, 0.1) is 5.41 Å². The topological polar surface area (TPSA) is 17.1 Å². The Bertz CT molecular complexity index is 413. The molecule has 0 saturated carbocycles. The highest BCUT2D eigenvalue weighted by molar-refractivity contribution is 6.24. The maximum atomic E-state index is 11.7. The summed E-state index contributed by atoms with van der Waals surface area (Å²) in [4.78, 5) is 11.7. The monoisotopic (exact) mass is 156 g/mol. The Labute approximate surface area is 70.7 Å². The fourth-order valence-electron chi connectivity index (χ4n) is 1.99. The second-order valence-electron chi connectivity index (χ2n) is 3.64. The number of carbonyl (C=O) groups excluding carboxylic acids is 1. The van der Waals surface area contributed by atoms with Gasteiger partial charge in [0.15, 0.2) is 5.78 Å². The van der Waals surface area contributed by atoms with Crippen LogP contribution in [0.5, 0.6) is 0 Å². The molecule has 12 heavy (non-hydrogen) atoms. The molecular weight excluding hydrogens is 148 g/mol. The van der Waals surface area contributed by atoms with Crippen LogP contribution in [0, 0.1) is 5.41 Å². The van der Waals surface area contributed by atoms with Crippen LogP contribution in [-0.2, 0) is 0 Å². The predicted molar refractivity (Wildman–Crippen MR) is 46.9 cm³/mol. The van der Waals surface area contributed by atoms with Crippen molar-refractivity contribution in [1.82, 2.24) is 0 Å². The molecule has 0 spiro atoms. The number of hydrogen-bond acceptors (Lipinski definition) is 1. The Balaban J connectivity index is 2.34. The maximum Gasteiger partial charge on any atom is 0.177 e. The molecule has 0 saturated heterocycles. The average molecular weight is 156 g/mol. The van der Waals surface area contributed by atoms with E-state index in [0.29, 0.717) is 0 Å². The van der Waals surface area contributed by atoms with Crippen LogP contribution in [0.4, 0.5) is 0 Å². The Morgan fingerprint density at radius 3 is 2.50 bits per heavy atom. The second kappa shape index (κ2) is 1.53. The Hall–Kier alpha value is -1.37. The predicted octanol–water partition coefficient (Wildman–Crippen LogP) is 2.29. The van der Waals surface area contributed by atoms with Gasteiger partial charge in [-0.2, -0.15) is 0 Å². The molecule has 0 aromatic heterocycles. The number of allylic oxidation sites excluding steroid dienone is 2. The summed E-state index contributed by atoms with van der Waals surface area (Å²) in [6, 6.07) is 7.84. The van der Waals surface area contributed by atoms with Crippen molar-refractivity contribution in [1.29, 1.82) is 0 Å². The largest absolute Gasteiger partial charge is 0.293 e. The van der Waals surface area contributed by atoms with Crippen molar-refractivity contribution < 1.29 is 4.79 Å². The van der Waals surface area contributed by atoms with Crippen molar-refractivity contribution in [3.05, 3.63) is 41.5 Å². The number of Topliss-reactive ketones (excluding diaryl/α,β-unsaturated/α-hetero) is 1. The lowest BCUT2D eigenvalue weighted by Crippen LogP contribution is -2.08. The number of hydrogen-bond donors (Lipinski definition) is 0. The molecule has 0 bridgehead atoms. The lowest BCUT2D eigenvalue weighted by atomic mass is 10.0. The van der Waals surface area contributed by atoms with Crippen molar-refractivity contribution in [2.45, 2.75) is 6.92 Å². The second-order valence-corrected chi connectivity index (χ2v) is 3.64. The van der Waals surface area contributed by atoms with Gasteiger partial charge in [0.2, 0.25) is 0 Å². The van der Waals surface area contributed by atoms with Crippen LogP contribution in [0.15, 0.2) is 30.3 Å². The van der Waals surface area contributed by atoms with Gasteiger partial charge in [0.1, 0.15) is 0 Å². The van der Waals surface area contributed by atoms with Gasteiger partial charge in [0, 0.05) is 5.56 Å². The molecule has 1 aromatic rings. The van der Waals surface area contributed by atoms with Crippen LogP contribution in [0.3, 0.4) is 0 Å². The van der Waals surface area contributed by atoms with Gasteiger partial charge in [-0.15, -0.1) is 0 Å². The van der Waals surface area contributed by atoms with Gasteiger partial charge < -0.3 is 0 Å². The molecule has 3 rings (SSSR count). The van der Waals surface area contributed by atoms with Crippen molar-refractivity contribution in [3.8, 4) is 0 Å². The summed E-state index contributed by atoms with van der Waals surface area (Å²) >= 11 is 0. The Morgan fingerprint density at radius 2 is 1.83 bits per heavy atom. The van der Waals surface area contributed by atoms with Crippen molar-refractivity contribution in [3.63, 3.8) is 0 Å². The van der Waals surface area contributed by atoms with E-state index < -0.39 is 0 Å². The minimum absolute atomic E-state index is 0.219. The first-order chi connectivity index (χ1) is 5.73. The molecule has 0 amide bonds. The number of benzene rings is 1. The number of fused-ring (bicyclic) bond motifs is 3. The molecule has 2 aliphatic rings. The first-order valence-electron chi connectivity index (χ1n) is 4.11. The summed E-state index contributed by atoms with van der Waals surface area (Å²) in [7, 11) is 0. The van der Waals surface area contributed by atoms with Crippen LogP contribution in [-0.4, -0.2) is 5.78 Å². The van der Waals surface area contributed by atoms with Gasteiger partial charge in [-0.05, 0) is 18.1 Å². The average Bonchev–Trinajstić information content (AvgIpc) is 2.73. The highest BCUT2D eigenvalue weighted by Crippen LogP contribution is 2.58. The lowest BCUT2D eigenvalue weighted by molar-refractivity contribution is 0.0940. The third-order valence-corrected chi connectivity index (χ3v) is 2.84. The zero-order valence-corrected chi connectivity index (χ0v) is 6.79. The minimum atomic E-state index is -0.219. The molecule has 1 heteroatoms. The molecule has 0 N–H and O–H groups in total. The van der Waals surface area contributed by atoms with E-state index in [1.54, 1.807) is 0 Å². The molecule has 2 aliphatic carbocycles. The zero-order chi connectivity index (χ0) is 8.34. The summed E-state index contributed by atoms with van der Waals surface area (Å²) in [5.41, 5.74) is 3.05. The SMILES string of the molecule is CC12C=C1c1ccccc1C2=O. The summed E-state index contributed by atoms with van der Waals surface area (Å²) < 4.78 is 0. The van der Waals surface area contributed by atoms with Crippen LogP contribution in [0.1, 0.15) is 22.8 Å². The van der Waals surface area contributed by atoms with Gasteiger partial charge in [-0.3, -0.25) is 4.79 Å². The summed E-state index contributed by atoms with van der Waals surface area (Å²) in [5.74, 6) is 0.271. The van der Waals surface area contributed by atoms with Crippen molar-refractivity contribution in [2.24, 2.45) is 5.41 Å². The smallest absolute Gasteiger partial charge is 0.177 e. The Kier molecular flexibility index (Phi) is 0.789. The Morgan fingerprint density at radius 1 is 1.17 bits per heavy atom. The summed E-state index contributed by atoms with van der Waals surface area (Å²) in [6.07, 6.45) is 2.05. The standard InChI is InChI=1S/C11H8O/c1-11-6-9(11)7-4-2-3-5-8(7)10(11)12/h2-6H,1H3. The maximum absolute atomic E-state index is 11.7. The highest BCUT2D eigenvalue weighted by atomic mass is 16.1. The van der Waals surface area contributed by atoms with E-state index >= 15 is 0 Å². The molecule has 1 atom stereocenters. The van der Waals surface area contributed by atoms with E-state index in [0.717, 1.165) is 11.1 Å². The molecule has 58 valence electrons. The number of rotatable bonds is 0. The quantitative estimate of drug-likeness (QED) is 0.563. The van der Waals surface area contributed by atoms with E-state index in [4.69, 9.17) is 0 Å². The van der Waals surface area contributed by atoms with Crippen LogP contribution < -0.4 is 0 Å². The summed E-state index contributed by atoms with van der Waals surface area (Å²) in [6.45, 7) is 1.99. The third kappa shape index (κ3) is 0.472. The molecule has 0 radical (unpaired) electrons. The van der Waals surface area contributed by atoms with Crippen LogP contribution in [0.25, 0.3) is 5.57 Å². The van der Waals surface area contributed by atoms with Gasteiger partial charge in [0.25, 0.3) is 0 Å². The fraction of sp³-hybridized carbons (Fsp3) is 0.182. The highest BCUT2D eigenvalue weighted by Gasteiger charge is 2.53. The fourth-order valence-corrected chi connectivity index (χ4v) is 1.99. The van der Waals surface area contributed by atoms with E-state index in [1.807, 2.05) is 31.2 Å². The van der Waals surface area contributed by atoms with E-state index in [-0.39, 0.29) is 11.2 Å². The molecule has 1 unspecified atom stereocenters. The van der Waals surface area contributed by atoms with Gasteiger partial charge >= 0.3 is 0 Å². The van der Waals surface area contributed by atoms with Gasteiger partial charge in [-0.1, -0.05) is 30.3 Å². The molecule has 0 fully saturated rings. The van der Waals surface area contributed by atoms with Crippen LogP contribution >= 0.6 is 0 Å². The van der Waals surface area contributed by atoms with Crippen LogP contribution in [0.2, 0.25) is 0 Å². The minimum Gasteiger partial charge on any atom is -0.293 e. The molecule has 1 nitrogen and oxygen atoms in total. The third-order valence-electron chi connectivity index (χ3n) is 2.84. The lowest BCUT2D eigenvalue weighted by Gasteiger charge is -2.00. The molecule has 0 heterocycles.